The van der Waals surface area contributed by atoms with E-state index in [0.29, 0.717) is 19.5 Å². The molecule has 1 aromatic carbocycles. The van der Waals surface area contributed by atoms with Crippen LogP contribution in [0, 0.1) is 5.92 Å². The summed E-state index contributed by atoms with van der Waals surface area (Å²) in [5.41, 5.74) is 0.900. The highest BCUT2D eigenvalue weighted by molar-refractivity contribution is 5.85. The number of carboxylic acids is 1. The Morgan fingerprint density at radius 1 is 1.33 bits per heavy atom. The SMILES string of the molecule is O=C(N[C@@H](Cc1ccccc1)C(=O)O)C1CNC1. The first-order valence-corrected chi connectivity index (χ1v) is 5.94. The molecule has 0 radical (unpaired) electrons. The number of nitrogens with one attached hydrogen (secondary N) is 2. The van der Waals surface area contributed by atoms with Crippen LogP contribution in [-0.4, -0.2) is 36.1 Å². The Morgan fingerprint density at radius 2 is 2.00 bits per heavy atom. The quantitative estimate of drug-likeness (QED) is 0.686. The summed E-state index contributed by atoms with van der Waals surface area (Å²) in [4.78, 5) is 22.9. The van der Waals surface area contributed by atoms with Gasteiger partial charge in [-0.1, -0.05) is 30.3 Å². The molecule has 96 valence electrons. The molecule has 1 atom stereocenters. The van der Waals surface area contributed by atoms with Crippen LogP contribution in [0.5, 0.6) is 0 Å². The molecule has 1 saturated heterocycles. The lowest BCUT2D eigenvalue weighted by atomic mass is 10.0. The molecule has 18 heavy (non-hydrogen) atoms. The molecule has 0 saturated carbocycles. The molecule has 0 aliphatic carbocycles. The molecule has 1 aliphatic rings. The highest BCUT2D eigenvalue weighted by atomic mass is 16.4. The maximum absolute atomic E-state index is 11.7. The molecule has 5 nitrogen and oxygen atoms in total. The minimum absolute atomic E-state index is 0.0948. The number of carbonyl (C=O) groups is 2. The van der Waals surface area contributed by atoms with E-state index in [4.69, 9.17) is 5.11 Å². The molecule has 1 fully saturated rings. The third-order valence-corrected chi connectivity index (χ3v) is 3.05. The Morgan fingerprint density at radius 3 is 2.50 bits per heavy atom. The molecule has 1 aromatic rings. The average Bonchev–Trinajstić information content (AvgIpc) is 2.27. The molecule has 1 aliphatic heterocycles. The Bertz CT molecular complexity index is 429. The Hall–Kier alpha value is -1.88. The van der Waals surface area contributed by atoms with Gasteiger partial charge < -0.3 is 15.7 Å². The maximum Gasteiger partial charge on any atom is 0.326 e. The van der Waals surface area contributed by atoms with Crippen LogP contribution in [0.4, 0.5) is 0 Å². The predicted molar refractivity (Wildman–Crippen MR) is 66.1 cm³/mol. The number of hydrogen-bond donors (Lipinski definition) is 3. The summed E-state index contributed by atoms with van der Waals surface area (Å²) in [5, 5.41) is 14.7. The molecule has 0 bridgehead atoms. The molecule has 0 spiro atoms. The summed E-state index contributed by atoms with van der Waals surface area (Å²) in [6.45, 7) is 1.26. The molecule has 3 N–H and O–H groups in total. The van der Waals surface area contributed by atoms with E-state index in [1.165, 1.54) is 0 Å². The normalized spacial score (nSPS) is 16.7. The standard InChI is InChI=1S/C13H16N2O3/c16-12(10-7-14-8-10)15-11(13(17)18)6-9-4-2-1-3-5-9/h1-5,10-11,14H,6-8H2,(H,15,16)(H,17,18)/t11-/m0/s1. The Balaban J connectivity index is 1.95. The van der Waals surface area contributed by atoms with E-state index in [1.54, 1.807) is 0 Å². The number of benzene rings is 1. The number of rotatable bonds is 5. The van der Waals surface area contributed by atoms with Gasteiger partial charge in [0, 0.05) is 19.5 Å². The van der Waals surface area contributed by atoms with Gasteiger partial charge in [0.15, 0.2) is 0 Å². The smallest absolute Gasteiger partial charge is 0.326 e. The third-order valence-electron chi connectivity index (χ3n) is 3.05. The van der Waals surface area contributed by atoms with E-state index >= 15 is 0 Å². The average molecular weight is 248 g/mol. The molecule has 2 rings (SSSR count). The number of carboxylic acid groups (broad SMARTS) is 1. The Labute approximate surface area is 105 Å². The van der Waals surface area contributed by atoms with Crippen LogP contribution >= 0.6 is 0 Å². The molecule has 5 heteroatoms. The van der Waals surface area contributed by atoms with Crippen LogP contribution in [0.1, 0.15) is 5.56 Å². The van der Waals surface area contributed by atoms with E-state index in [0.717, 1.165) is 5.56 Å². The Kier molecular flexibility index (Phi) is 3.94. The van der Waals surface area contributed by atoms with Gasteiger partial charge in [0.2, 0.25) is 5.91 Å². The number of aliphatic carboxylic acids is 1. The zero-order valence-electron chi connectivity index (χ0n) is 9.93. The van der Waals surface area contributed by atoms with Gasteiger partial charge >= 0.3 is 5.97 Å². The van der Waals surface area contributed by atoms with Crippen LogP contribution in [0.15, 0.2) is 30.3 Å². The highest BCUT2D eigenvalue weighted by Crippen LogP contribution is 2.07. The van der Waals surface area contributed by atoms with Crippen LogP contribution in [0.25, 0.3) is 0 Å². The number of hydrogen-bond acceptors (Lipinski definition) is 3. The maximum atomic E-state index is 11.7. The fourth-order valence-electron chi connectivity index (χ4n) is 1.81. The molecule has 0 aromatic heterocycles. The zero-order valence-corrected chi connectivity index (χ0v) is 9.93. The van der Waals surface area contributed by atoms with Crippen LogP contribution < -0.4 is 10.6 Å². The van der Waals surface area contributed by atoms with E-state index in [2.05, 4.69) is 10.6 Å². The lowest BCUT2D eigenvalue weighted by Crippen LogP contribution is -2.54. The van der Waals surface area contributed by atoms with E-state index < -0.39 is 12.0 Å². The van der Waals surface area contributed by atoms with Crippen molar-refractivity contribution < 1.29 is 14.7 Å². The summed E-state index contributed by atoms with van der Waals surface area (Å²) in [7, 11) is 0. The second kappa shape index (κ2) is 5.64. The van der Waals surface area contributed by atoms with Crippen molar-refractivity contribution in [2.24, 2.45) is 5.92 Å². The predicted octanol–water partition coefficient (Wildman–Crippen LogP) is 0.0179. The second-order valence-corrected chi connectivity index (χ2v) is 4.44. The fraction of sp³-hybridized carbons (Fsp3) is 0.385. The van der Waals surface area contributed by atoms with Crippen molar-refractivity contribution in [3.05, 3.63) is 35.9 Å². The monoisotopic (exact) mass is 248 g/mol. The van der Waals surface area contributed by atoms with Gasteiger partial charge in [-0.2, -0.15) is 0 Å². The summed E-state index contributed by atoms with van der Waals surface area (Å²) >= 11 is 0. The van der Waals surface area contributed by atoms with Gasteiger partial charge in [0.25, 0.3) is 0 Å². The van der Waals surface area contributed by atoms with Crippen LogP contribution in [0.3, 0.4) is 0 Å². The van der Waals surface area contributed by atoms with Crippen molar-refractivity contribution in [2.75, 3.05) is 13.1 Å². The fourth-order valence-corrected chi connectivity index (χ4v) is 1.81. The minimum atomic E-state index is -1.00. The topological polar surface area (TPSA) is 78.4 Å². The van der Waals surface area contributed by atoms with Crippen molar-refractivity contribution in [2.45, 2.75) is 12.5 Å². The van der Waals surface area contributed by atoms with Crippen molar-refractivity contribution >= 4 is 11.9 Å². The first-order chi connectivity index (χ1) is 8.66. The van der Waals surface area contributed by atoms with Crippen molar-refractivity contribution in [3.8, 4) is 0 Å². The lowest BCUT2D eigenvalue weighted by molar-refractivity contribution is -0.142. The third kappa shape index (κ3) is 3.07. The summed E-state index contributed by atoms with van der Waals surface area (Å²) < 4.78 is 0. The zero-order chi connectivity index (χ0) is 13.0. The molecular weight excluding hydrogens is 232 g/mol. The number of carbonyl (C=O) groups excluding carboxylic acids is 1. The van der Waals surface area contributed by atoms with Gasteiger partial charge in [0.05, 0.1) is 5.92 Å². The molecule has 1 heterocycles. The van der Waals surface area contributed by atoms with E-state index in [9.17, 15) is 9.59 Å². The van der Waals surface area contributed by atoms with Gasteiger partial charge in [-0.25, -0.2) is 4.79 Å². The summed E-state index contributed by atoms with van der Waals surface area (Å²) in [6.07, 6.45) is 0.308. The highest BCUT2D eigenvalue weighted by Gasteiger charge is 2.28. The molecule has 1 amide bonds. The number of amides is 1. The second-order valence-electron chi connectivity index (χ2n) is 4.44. The van der Waals surface area contributed by atoms with Crippen molar-refractivity contribution in [1.29, 1.82) is 0 Å². The minimum Gasteiger partial charge on any atom is -0.480 e. The summed E-state index contributed by atoms with van der Waals surface area (Å²) in [5.74, 6) is -1.28. The van der Waals surface area contributed by atoms with Crippen molar-refractivity contribution in [3.63, 3.8) is 0 Å². The lowest BCUT2D eigenvalue weighted by Gasteiger charge is -2.27. The van der Waals surface area contributed by atoms with Crippen LogP contribution in [-0.2, 0) is 16.0 Å². The van der Waals surface area contributed by atoms with Crippen LogP contribution in [0.2, 0.25) is 0 Å². The first-order valence-electron chi connectivity index (χ1n) is 5.94. The molecule has 0 unspecified atom stereocenters. The largest absolute Gasteiger partial charge is 0.480 e. The first kappa shape index (κ1) is 12.6. The van der Waals surface area contributed by atoms with Gasteiger partial charge in [0.1, 0.15) is 6.04 Å². The van der Waals surface area contributed by atoms with E-state index in [1.807, 2.05) is 30.3 Å². The summed E-state index contributed by atoms with van der Waals surface area (Å²) in [6, 6.07) is 8.43. The molecular formula is C13H16N2O3. The van der Waals surface area contributed by atoms with Gasteiger partial charge in [-0.15, -0.1) is 0 Å². The van der Waals surface area contributed by atoms with Gasteiger partial charge in [-0.3, -0.25) is 4.79 Å². The van der Waals surface area contributed by atoms with E-state index in [-0.39, 0.29) is 11.8 Å². The van der Waals surface area contributed by atoms with Crippen molar-refractivity contribution in [1.82, 2.24) is 10.6 Å². The van der Waals surface area contributed by atoms with Gasteiger partial charge in [-0.05, 0) is 5.56 Å².